The minimum atomic E-state index is -0.739. The molecule has 0 fully saturated rings. The second-order valence-electron chi connectivity index (χ2n) is 7.02. The number of carbonyl (C=O) groups excluding carboxylic acids is 2. The van der Waals surface area contributed by atoms with E-state index in [0.29, 0.717) is 35.2 Å². The highest BCUT2D eigenvalue weighted by molar-refractivity contribution is 7.15. The summed E-state index contributed by atoms with van der Waals surface area (Å²) in [5, 5.41) is 6.56. The number of carbonyl (C=O) groups is 2. The average molecular weight is 474 g/mol. The van der Waals surface area contributed by atoms with Gasteiger partial charge in [-0.2, -0.15) is 0 Å². The van der Waals surface area contributed by atoms with Crippen LogP contribution in [0.1, 0.15) is 16.1 Å². The zero-order valence-electron chi connectivity index (χ0n) is 18.2. The van der Waals surface area contributed by atoms with Crippen LogP contribution >= 0.6 is 22.9 Å². The summed E-state index contributed by atoms with van der Waals surface area (Å²) in [6, 6.07) is 10.7. The summed E-state index contributed by atoms with van der Waals surface area (Å²) < 4.78 is 10.6. The second kappa shape index (κ2) is 10.5. The number of rotatable bonds is 7. The van der Waals surface area contributed by atoms with Gasteiger partial charge in [-0.05, 0) is 49.7 Å². The van der Waals surface area contributed by atoms with E-state index in [1.165, 1.54) is 11.3 Å². The van der Waals surface area contributed by atoms with E-state index in [4.69, 9.17) is 21.1 Å². The van der Waals surface area contributed by atoms with Gasteiger partial charge in [-0.25, -0.2) is 4.98 Å². The average Bonchev–Trinajstić information content (AvgIpc) is 3.16. The standard InChI is InChI=1S/C23H24ClN3O4S/c1-13-5-7-16(12-17(13)24)27-22(29)21(28)25-10-9-20-14(2)26-23(32-20)15-6-8-18(30-3)19(11-15)31-4/h5-8,11-12H,9-10H2,1-4H3,(H,25,28)(H,27,29). The maximum absolute atomic E-state index is 12.1. The molecule has 2 amide bonds. The van der Waals surface area contributed by atoms with Crippen molar-refractivity contribution in [2.24, 2.45) is 0 Å². The molecule has 0 unspecified atom stereocenters. The monoisotopic (exact) mass is 473 g/mol. The van der Waals surface area contributed by atoms with Crippen molar-refractivity contribution in [2.75, 3.05) is 26.1 Å². The van der Waals surface area contributed by atoms with E-state index >= 15 is 0 Å². The second-order valence-corrected chi connectivity index (χ2v) is 8.51. The van der Waals surface area contributed by atoms with Crippen LogP contribution in [0.3, 0.4) is 0 Å². The molecule has 7 nitrogen and oxygen atoms in total. The number of anilines is 1. The van der Waals surface area contributed by atoms with Crippen molar-refractivity contribution in [1.82, 2.24) is 10.3 Å². The van der Waals surface area contributed by atoms with Gasteiger partial charge in [0.05, 0.1) is 19.9 Å². The van der Waals surface area contributed by atoms with E-state index in [0.717, 1.165) is 26.7 Å². The lowest BCUT2D eigenvalue weighted by Gasteiger charge is -2.08. The number of thiazole rings is 1. The molecular weight excluding hydrogens is 450 g/mol. The first-order chi connectivity index (χ1) is 15.3. The molecule has 0 saturated carbocycles. The van der Waals surface area contributed by atoms with Crippen LogP contribution in [-0.4, -0.2) is 37.6 Å². The van der Waals surface area contributed by atoms with Gasteiger partial charge in [-0.15, -0.1) is 11.3 Å². The predicted molar refractivity (Wildman–Crippen MR) is 127 cm³/mol. The van der Waals surface area contributed by atoms with Gasteiger partial charge in [0.25, 0.3) is 0 Å². The Bertz CT molecular complexity index is 1150. The van der Waals surface area contributed by atoms with Gasteiger partial charge in [-0.3, -0.25) is 9.59 Å². The van der Waals surface area contributed by atoms with Crippen molar-refractivity contribution in [3.63, 3.8) is 0 Å². The Balaban J connectivity index is 1.58. The van der Waals surface area contributed by atoms with Crippen LogP contribution in [0.25, 0.3) is 10.6 Å². The van der Waals surface area contributed by atoms with E-state index in [1.54, 1.807) is 32.4 Å². The number of hydrogen-bond acceptors (Lipinski definition) is 6. The first-order valence-electron chi connectivity index (χ1n) is 9.86. The fourth-order valence-corrected chi connectivity index (χ4v) is 4.22. The van der Waals surface area contributed by atoms with E-state index in [1.807, 2.05) is 32.0 Å². The normalized spacial score (nSPS) is 10.5. The maximum atomic E-state index is 12.1. The van der Waals surface area contributed by atoms with Crippen molar-refractivity contribution >= 4 is 40.4 Å². The number of nitrogens with zero attached hydrogens (tertiary/aromatic N) is 1. The molecule has 0 saturated heterocycles. The molecule has 0 aliphatic rings. The molecule has 1 heterocycles. The maximum Gasteiger partial charge on any atom is 0.313 e. The quantitative estimate of drug-likeness (QED) is 0.496. The molecular formula is C23H24ClN3O4S. The summed E-state index contributed by atoms with van der Waals surface area (Å²) in [4.78, 5) is 29.9. The van der Waals surface area contributed by atoms with Crippen LogP contribution in [0.5, 0.6) is 11.5 Å². The number of hydrogen-bond donors (Lipinski definition) is 2. The highest BCUT2D eigenvalue weighted by Gasteiger charge is 2.16. The van der Waals surface area contributed by atoms with Crippen LogP contribution in [-0.2, 0) is 16.0 Å². The summed E-state index contributed by atoms with van der Waals surface area (Å²) >= 11 is 7.59. The molecule has 32 heavy (non-hydrogen) atoms. The smallest absolute Gasteiger partial charge is 0.313 e. The zero-order valence-corrected chi connectivity index (χ0v) is 19.8. The van der Waals surface area contributed by atoms with Gasteiger partial charge >= 0.3 is 11.8 Å². The number of benzene rings is 2. The third-order valence-electron chi connectivity index (χ3n) is 4.80. The Morgan fingerprint density at radius 2 is 1.78 bits per heavy atom. The number of aromatic nitrogens is 1. The molecule has 3 aromatic rings. The lowest BCUT2D eigenvalue weighted by Crippen LogP contribution is -2.36. The number of aryl methyl sites for hydroxylation is 2. The highest BCUT2D eigenvalue weighted by atomic mass is 35.5. The van der Waals surface area contributed by atoms with Gasteiger partial charge in [0.2, 0.25) is 0 Å². The summed E-state index contributed by atoms with van der Waals surface area (Å²) in [5.74, 6) is -0.160. The van der Waals surface area contributed by atoms with E-state index < -0.39 is 11.8 Å². The molecule has 0 radical (unpaired) electrons. The van der Waals surface area contributed by atoms with Gasteiger partial charge in [-0.1, -0.05) is 17.7 Å². The molecule has 0 spiro atoms. The molecule has 2 N–H and O–H groups in total. The van der Waals surface area contributed by atoms with Crippen molar-refractivity contribution in [1.29, 1.82) is 0 Å². The number of amides is 2. The van der Waals surface area contributed by atoms with Crippen LogP contribution in [0.4, 0.5) is 5.69 Å². The molecule has 9 heteroatoms. The molecule has 0 aliphatic carbocycles. The number of halogens is 1. The third kappa shape index (κ3) is 5.57. The van der Waals surface area contributed by atoms with Crippen LogP contribution in [0, 0.1) is 13.8 Å². The lowest BCUT2D eigenvalue weighted by atomic mass is 10.2. The van der Waals surface area contributed by atoms with Crippen LogP contribution < -0.4 is 20.1 Å². The summed E-state index contributed by atoms with van der Waals surface area (Å²) in [6.07, 6.45) is 0.562. The molecule has 1 aromatic heterocycles. The molecule has 0 atom stereocenters. The van der Waals surface area contributed by atoms with Crippen LogP contribution in [0.2, 0.25) is 5.02 Å². The highest BCUT2D eigenvalue weighted by Crippen LogP contribution is 2.35. The fourth-order valence-electron chi connectivity index (χ4n) is 2.98. The Labute approximate surface area is 195 Å². The van der Waals surface area contributed by atoms with Gasteiger partial charge < -0.3 is 20.1 Å². The molecule has 0 aliphatic heterocycles. The third-order valence-corrected chi connectivity index (χ3v) is 6.47. The number of methoxy groups -OCH3 is 2. The molecule has 0 bridgehead atoms. The Morgan fingerprint density at radius 1 is 1.03 bits per heavy atom. The topological polar surface area (TPSA) is 89.5 Å². The van der Waals surface area contributed by atoms with Crippen LogP contribution in [0.15, 0.2) is 36.4 Å². The van der Waals surface area contributed by atoms with E-state index in [2.05, 4.69) is 15.6 Å². The lowest BCUT2D eigenvalue weighted by molar-refractivity contribution is -0.136. The van der Waals surface area contributed by atoms with Crippen molar-refractivity contribution in [2.45, 2.75) is 20.3 Å². The van der Waals surface area contributed by atoms with Gasteiger partial charge in [0.15, 0.2) is 11.5 Å². The molecule has 2 aromatic carbocycles. The minimum Gasteiger partial charge on any atom is -0.493 e. The number of nitrogens with one attached hydrogen (secondary N) is 2. The first kappa shape index (κ1) is 23.6. The van der Waals surface area contributed by atoms with Crippen molar-refractivity contribution in [3.8, 4) is 22.1 Å². The summed E-state index contributed by atoms with van der Waals surface area (Å²) in [7, 11) is 3.18. The van der Waals surface area contributed by atoms with Gasteiger partial charge in [0.1, 0.15) is 5.01 Å². The molecule has 3 rings (SSSR count). The largest absolute Gasteiger partial charge is 0.493 e. The Morgan fingerprint density at radius 3 is 2.47 bits per heavy atom. The number of ether oxygens (including phenoxy) is 2. The Hall–Kier alpha value is -3.10. The zero-order chi connectivity index (χ0) is 23.3. The first-order valence-corrected chi connectivity index (χ1v) is 11.1. The van der Waals surface area contributed by atoms with Crippen molar-refractivity contribution < 1.29 is 19.1 Å². The summed E-state index contributed by atoms with van der Waals surface area (Å²) in [6.45, 7) is 4.10. The SMILES string of the molecule is COc1ccc(-c2nc(C)c(CCNC(=O)C(=O)Nc3ccc(C)c(Cl)c3)s2)cc1OC. The van der Waals surface area contributed by atoms with E-state index in [-0.39, 0.29) is 0 Å². The Kier molecular flexibility index (Phi) is 7.71. The summed E-state index contributed by atoms with van der Waals surface area (Å²) in [5.41, 5.74) is 3.16. The predicted octanol–water partition coefficient (Wildman–Crippen LogP) is 4.39. The molecule has 168 valence electrons. The van der Waals surface area contributed by atoms with Crippen molar-refractivity contribution in [3.05, 3.63) is 57.6 Å². The fraction of sp³-hybridized carbons (Fsp3) is 0.261. The minimum absolute atomic E-state index is 0.315. The van der Waals surface area contributed by atoms with E-state index in [9.17, 15) is 9.59 Å². The van der Waals surface area contributed by atoms with Gasteiger partial charge in [0, 0.05) is 34.1 Å².